The minimum absolute atomic E-state index is 0.0255. The van der Waals surface area contributed by atoms with Crippen LogP contribution in [0.1, 0.15) is 40.2 Å². The zero-order valence-corrected chi connectivity index (χ0v) is 15.0. The molecule has 0 bridgehead atoms. The summed E-state index contributed by atoms with van der Waals surface area (Å²) in [5.41, 5.74) is 3.54. The smallest absolute Gasteiger partial charge is 0.338 e. The van der Waals surface area contributed by atoms with Crippen LogP contribution < -0.4 is 0 Å². The SMILES string of the molecule is O=C(OCc1nnc(-c2ccc([N+](=O)[O-])cc2)o1)c1ccc2c(c1)CCCC2. The van der Waals surface area contributed by atoms with Crippen molar-refractivity contribution in [3.63, 3.8) is 0 Å². The molecule has 8 heteroatoms. The second-order valence-corrected chi connectivity index (χ2v) is 6.57. The number of ether oxygens (including phenoxy) is 1. The van der Waals surface area contributed by atoms with Crippen molar-refractivity contribution in [3.8, 4) is 11.5 Å². The third kappa shape index (κ3) is 3.75. The molecule has 0 unspecified atom stereocenters. The van der Waals surface area contributed by atoms with Gasteiger partial charge in [-0.05, 0) is 61.1 Å². The van der Waals surface area contributed by atoms with Crippen LogP contribution in [0, 0.1) is 10.1 Å². The fraction of sp³-hybridized carbons (Fsp3) is 0.250. The fourth-order valence-electron chi connectivity index (χ4n) is 3.23. The van der Waals surface area contributed by atoms with Gasteiger partial charge in [0.1, 0.15) is 0 Å². The standard InChI is InChI=1S/C20H17N3O5/c24-20(16-6-5-13-3-1-2-4-15(13)11-16)27-12-18-21-22-19(28-18)14-7-9-17(10-8-14)23(25)26/h5-11H,1-4,12H2. The molecular formula is C20H17N3O5. The Morgan fingerprint density at radius 2 is 1.82 bits per heavy atom. The second-order valence-electron chi connectivity index (χ2n) is 6.57. The fourth-order valence-corrected chi connectivity index (χ4v) is 3.23. The number of carbonyl (C=O) groups excluding carboxylic acids is 1. The van der Waals surface area contributed by atoms with E-state index in [1.54, 1.807) is 6.07 Å². The molecule has 0 saturated carbocycles. The molecule has 0 aliphatic heterocycles. The molecular weight excluding hydrogens is 362 g/mol. The molecule has 1 aromatic heterocycles. The summed E-state index contributed by atoms with van der Waals surface area (Å²) in [6.45, 7) is -0.143. The zero-order valence-electron chi connectivity index (χ0n) is 15.0. The average Bonchev–Trinajstić information content (AvgIpc) is 3.21. The first-order valence-electron chi connectivity index (χ1n) is 8.96. The first-order chi connectivity index (χ1) is 13.6. The molecule has 2 aromatic carbocycles. The van der Waals surface area contributed by atoms with Crippen LogP contribution in [0.25, 0.3) is 11.5 Å². The van der Waals surface area contributed by atoms with Crippen molar-refractivity contribution < 1.29 is 18.9 Å². The van der Waals surface area contributed by atoms with Crippen molar-refractivity contribution in [3.05, 3.63) is 75.2 Å². The number of nitro groups is 1. The molecule has 0 atom stereocenters. The Balaban J connectivity index is 1.40. The molecule has 0 amide bonds. The van der Waals surface area contributed by atoms with Gasteiger partial charge in [-0.1, -0.05) is 6.07 Å². The molecule has 142 valence electrons. The van der Waals surface area contributed by atoms with Crippen molar-refractivity contribution in [1.29, 1.82) is 0 Å². The summed E-state index contributed by atoms with van der Waals surface area (Å²) in [6, 6.07) is 11.4. The van der Waals surface area contributed by atoms with Crippen LogP contribution in [0.2, 0.25) is 0 Å². The lowest BCUT2D eigenvalue weighted by Gasteiger charge is -2.16. The highest BCUT2D eigenvalue weighted by Crippen LogP contribution is 2.23. The van der Waals surface area contributed by atoms with Crippen LogP contribution >= 0.6 is 0 Å². The third-order valence-electron chi connectivity index (χ3n) is 4.70. The van der Waals surface area contributed by atoms with Crippen molar-refractivity contribution in [2.24, 2.45) is 0 Å². The van der Waals surface area contributed by atoms with Gasteiger partial charge in [0, 0.05) is 17.7 Å². The number of nitro benzene ring substituents is 1. The Kier molecular flexibility index (Phi) is 4.84. The lowest BCUT2D eigenvalue weighted by Crippen LogP contribution is -2.09. The molecule has 4 rings (SSSR count). The van der Waals surface area contributed by atoms with E-state index in [-0.39, 0.29) is 24.1 Å². The molecule has 0 saturated heterocycles. The quantitative estimate of drug-likeness (QED) is 0.376. The van der Waals surface area contributed by atoms with Gasteiger partial charge in [0.05, 0.1) is 10.5 Å². The minimum atomic E-state index is -0.483. The summed E-state index contributed by atoms with van der Waals surface area (Å²) in [7, 11) is 0. The van der Waals surface area contributed by atoms with Crippen LogP contribution in [0.3, 0.4) is 0 Å². The van der Waals surface area contributed by atoms with E-state index >= 15 is 0 Å². The highest BCUT2D eigenvalue weighted by Gasteiger charge is 2.16. The van der Waals surface area contributed by atoms with Gasteiger partial charge in [0.2, 0.25) is 5.89 Å². The van der Waals surface area contributed by atoms with E-state index in [4.69, 9.17) is 9.15 Å². The van der Waals surface area contributed by atoms with Crippen LogP contribution in [-0.4, -0.2) is 21.1 Å². The number of aromatic nitrogens is 2. The first-order valence-corrected chi connectivity index (χ1v) is 8.96. The number of aryl methyl sites for hydroxylation is 2. The van der Waals surface area contributed by atoms with Gasteiger partial charge in [0.25, 0.3) is 11.6 Å². The van der Waals surface area contributed by atoms with Gasteiger partial charge >= 0.3 is 5.97 Å². The predicted molar refractivity (Wildman–Crippen MR) is 98.6 cm³/mol. The lowest BCUT2D eigenvalue weighted by molar-refractivity contribution is -0.384. The maximum Gasteiger partial charge on any atom is 0.338 e. The van der Waals surface area contributed by atoms with Crippen LogP contribution in [0.4, 0.5) is 5.69 Å². The number of hydrogen-bond donors (Lipinski definition) is 0. The van der Waals surface area contributed by atoms with Gasteiger partial charge < -0.3 is 9.15 Å². The topological polar surface area (TPSA) is 108 Å². The minimum Gasteiger partial charge on any atom is -0.452 e. The van der Waals surface area contributed by atoms with E-state index in [0.717, 1.165) is 19.3 Å². The summed E-state index contributed by atoms with van der Waals surface area (Å²) in [4.78, 5) is 22.5. The van der Waals surface area contributed by atoms with Crippen molar-refractivity contribution in [2.45, 2.75) is 32.3 Å². The number of non-ortho nitro benzene ring substituents is 1. The van der Waals surface area contributed by atoms with E-state index in [9.17, 15) is 14.9 Å². The van der Waals surface area contributed by atoms with Crippen LogP contribution in [0.5, 0.6) is 0 Å². The molecule has 1 heterocycles. The highest BCUT2D eigenvalue weighted by atomic mass is 16.6. The maximum absolute atomic E-state index is 12.3. The van der Waals surface area contributed by atoms with Crippen LogP contribution in [-0.2, 0) is 24.2 Å². The average molecular weight is 379 g/mol. The Morgan fingerprint density at radius 3 is 2.57 bits per heavy atom. The Morgan fingerprint density at radius 1 is 1.07 bits per heavy atom. The second kappa shape index (κ2) is 7.59. The number of hydrogen-bond acceptors (Lipinski definition) is 7. The number of carbonyl (C=O) groups is 1. The van der Waals surface area contributed by atoms with Crippen molar-refractivity contribution >= 4 is 11.7 Å². The maximum atomic E-state index is 12.3. The van der Waals surface area contributed by atoms with E-state index in [0.29, 0.717) is 11.1 Å². The summed E-state index contributed by atoms with van der Waals surface area (Å²) in [6.07, 6.45) is 4.36. The molecule has 0 fully saturated rings. The first kappa shape index (κ1) is 17.8. The predicted octanol–water partition coefficient (Wildman–Crippen LogP) is 3.88. The van der Waals surface area contributed by atoms with Gasteiger partial charge in [-0.25, -0.2) is 4.79 Å². The van der Waals surface area contributed by atoms with E-state index < -0.39 is 10.9 Å². The monoisotopic (exact) mass is 379 g/mol. The Labute approximate surface area is 160 Å². The molecule has 0 radical (unpaired) electrons. The van der Waals surface area contributed by atoms with Crippen molar-refractivity contribution in [1.82, 2.24) is 10.2 Å². The Hall–Kier alpha value is -3.55. The van der Waals surface area contributed by atoms with Gasteiger partial charge in [-0.15, -0.1) is 10.2 Å². The number of benzene rings is 2. The summed E-state index contributed by atoms with van der Waals surface area (Å²) >= 11 is 0. The summed E-state index contributed by atoms with van der Waals surface area (Å²) < 4.78 is 10.8. The number of nitrogens with zero attached hydrogens (tertiary/aromatic N) is 3. The van der Waals surface area contributed by atoms with E-state index in [2.05, 4.69) is 10.2 Å². The third-order valence-corrected chi connectivity index (χ3v) is 4.70. The van der Waals surface area contributed by atoms with Crippen molar-refractivity contribution in [2.75, 3.05) is 0 Å². The Bertz CT molecular complexity index is 1030. The molecule has 1 aliphatic rings. The van der Waals surface area contributed by atoms with Gasteiger partial charge in [-0.3, -0.25) is 10.1 Å². The highest BCUT2D eigenvalue weighted by molar-refractivity contribution is 5.89. The summed E-state index contributed by atoms with van der Waals surface area (Å²) in [5.74, 6) is -0.0853. The number of fused-ring (bicyclic) bond motifs is 1. The normalized spacial score (nSPS) is 13.0. The van der Waals surface area contributed by atoms with Gasteiger partial charge in [0.15, 0.2) is 6.61 Å². The van der Waals surface area contributed by atoms with Gasteiger partial charge in [-0.2, -0.15) is 0 Å². The molecule has 3 aromatic rings. The summed E-state index contributed by atoms with van der Waals surface area (Å²) in [5, 5.41) is 18.5. The molecule has 28 heavy (non-hydrogen) atoms. The van der Waals surface area contributed by atoms with E-state index in [1.807, 2.05) is 12.1 Å². The largest absolute Gasteiger partial charge is 0.452 e. The lowest BCUT2D eigenvalue weighted by atomic mass is 9.90. The van der Waals surface area contributed by atoms with E-state index in [1.165, 1.54) is 41.8 Å². The number of esters is 1. The molecule has 0 spiro atoms. The molecule has 8 nitrogen and oxygen atoms in total. The molecule has 1 aliphatic carbocycles. The van der Waals surface area contributed by atoms with Crippen LogP contribution in [0.15, 0.2) is 46.9 Å². The zero-order chi connectivity index (χ0) is 19.5. The molecule has 0 N–H and O–H groups in total. The number of rotatable bonds is 5.